The molecule has 0 aromatic heterocycles. The lowest BCUT2D eigenvalue weighted by atomic mass is 9.76. The Morgan fingerprint density at radius 3 is 2.33 bits per heavy atom. The fraction of sp³-hybridized carbons (Fsp3) is 1.00. The SMILES string of the molecule is CCC(C)(OO)C1CCCCC1. The summed E-state index contributed by atoms with van der Waals surface area (Å²) < 4.78 is 0. The molecule has 0 aromatic carbocycles. The monoisotopic (exact) mass is 172 g/mol. The summed E-state index contributed by atoms with van der Waals surface area (Å²) in [4.78, 5) is 4.63. The molecule has 0 spiro atoms. The van der Waals surface area contributed by atoms with E-state index in [0.717, 1.165) is 6.42 Å². The quantitative estimate of drug-likeness (QED) is 0.523. The minimum absolute atomic E-state index is 0.291. The van der Waals surface area contributed by atoms with Crippen LogP contribution in [0.4, 0.5) is 0 Å². The van der Waals surface area contributed by atoms with Crippen molar-refractivity contribution in [3.63, 3.8) is 0 Å². The van der Waals surface area contributed by atoms with Crippen LogP contribution in [0.5, 0.6) is 0 Å². The van der Waals surface area contributed by atoms with E-state index in [2.05, 4.69) is 11.8 Å². The summed E-state index contributed by atoms with van der Waals surface area (Å²) in [6, 6.07) is 0. The third kappa shape index (κ3) is 1.99. The summed E-state index contributed by atoms with van der Waals surface area (Å²) in [5, 5.41) is 8.84. The van der Waals surface area contributed by atoms with Crippen molar-refractivity contribution in [2.75, 3.05) is 0 Å². The zero-order chi connectivity index (χ0) is 9.03. The molecule has 72 valence electrons. The summed E-state index contributed by atoms with van der Waals surface area (Å²) >= 11 is 0. The van der Waals surface area contributed by atoms with Crippen LogP contribution < -0.4 is 0 Å². The number of hydrogen-bond donors (Lipinski definition) is 1. The van der Waals surface area contributed by atoms with Crippen LogP contribution in [0.1, 0.15) is 52.4 Å². The first kappa shape index (κ1) is 10.0. The third-order valence-corrected chi connectivity index (χ3v) is 3.38. The molecule has 0 aliphatic heterocycles. The second kappa shape index (κ2) is 4.24. The summed E-state index contributed by atoms with van der Waals surface area (Å²) in [6.07, 6.45) is 7.26. The molecule has 1 N–H and O–H groups in total. The van der Waals surface area contributed by atoms with Gasteiger partial charge in [0.15, 0.2) is 0 Å². The Bertz CT molecular complexity index is 124. The summed E-state index contributed by atoms with van der Waals surface area (Å²) in [6.45, 7) is 4.09. The van der Waals surface area contributed by atoms with Gasteiger partial charge in [0.2, 0.25) is 0 Å². The van der Waals surface area contributed by atoms with Crippen LogP contribution in [-0.4, -0.2) is 10.9 Å². The molecule has 0 heterocycles. The molecule has 0 radical (unpaired) electrons. The lowest BCUT2D eigenvalue weighted by Crippen LogP contribution is -2.37. The van der Waals surface area contributed by atoms with E-state index in [1.807, 2.05) is 6.92 Å². The van der Waals surface area contributed by atoms with E-state index < -0.39 is 0 Å². The van der Waals surface area contributed by atoms with Gasteiger partial charge < -0.3 is 0 Å². The maximum absolute atomic E-state index is 8.84. The highest BCUT2D eigenvalue weighted by atomic mass is 17.1. The molecule has 2 heteroatoms. The van der Waals surface area contributed by atoms with Gasteiger partial charge in [0, 0.05) is 0 Å². The molecule has 1 aliphatic rings. The first-order valence-electron chi connectivity index (χ1n) is 5.05. The fourth-order valence-electron chi connectivity index (χ4n) is 2.14. The highest BCUT2D eigenvalue weighted by molar-refractivity contribution is 4.83. The van der Waals surface area contributed by atoms with E-state index in [1.165, 1.54) is 32.1 Å². The van der Waals surface area contributed by atoms with Crippen molar-refractivity contribution in [1.29, 1.82) is 0 Å². The van der Waals surface area contributed by atoms with E-state index in [4.69, 9.17) is 5.26 Å². The van der Waals surface area contributed by atoms with Crippen molar-refractivity contribution in [2.45, 2.75) is 58.0 Å². The van der Waals surface area contributed by atoms with Crippen LogP contribution in [0, 0.1) is 5.92 Å². The predicted octanol–water partition coefficient (Wildman–Crippen LogP) is 3.23. The molecule has 12 heavy (non-hydrogen) atoms. The lowest BCUT2D eigenvalue weighted by molar-refractivity contribution is -0.335. The summed E-state index contributed by atoms with van der Waals surface area (Å²) in [5.41, 5.74) is -0.291. The van der Waals surface area contributed by atoms with Gasteiger partial charge in [-0.3, -0.25) is 5.26 Å². The van der Waals surface area contributed by atoms with E-state index in [9.17, 15) is 0 Å². The number of rotatable bonds is 3. The van der Waals surface area contributed by atoms with Gasteiger partial charge in [-0.2, -0.15) is 0 Å². The van der Waals surface area contributed by atoms with Crippen LogP contribution in [0.15, 0.2) is 0 Å². The molecule has 0 aromatic rings. The highest BCUT2D eigenvalue weighted by Gasteiger charge is 2.34. The molecule has 0 saturated heterocycles. The molecule has 1 atom stereocenters. The Balaban J connectivity index is 2.51. The van der Waals surface area contributed by atoms with E-state index >= 15 is 0 Å². The number of hydrogen-bond acceptors (Lipinski definition) is 2. The van der Waals surface area contributed by atoms with Gasteiger partial charge >= 0.3 is 0 Å². The lowest BCUT2D eigenvalue weighted by Gasteiger charge is -2.36. The maximum atomic E-state index is 8.84. The zero-order valence-corrected chi connectivity index (χ0v) is 8.18. The van der Waals surface area contributed by atoms with Gasteiger partial charge in [-0.05, 0) is 32.1 Å². The predicted molar refractivity (Wildman–Crippen MR) is 49.0 cm³/mol. The second-order valence-electron chi connectivity index (χ2n) is 4.09. The molecule has 1 saturated carbocycles. The fourth-order valence-corrected chi connectivity index (χ4v) is 2.14. The largest absolute Gasteiger partial charge is 0.251 e. The minimum atomic E-state index is -0.291. The first-order chi connectivity index (χ1) is 5.73. The molecule has 1 unspecified atom stereocenters. The maximum Gasteiger partial charge on any atom is 0.103 e. The van der Waals surface area contributed by atoms with Crippen LogP contribution in [-0.2, 0) is 4.89 Å². The normalized spacial score (nSPS) is 25.2. The molecular weight excluding hydrogens is 152 g/mol. The smallest absolute Gasteiger partial charge is 0.103 e. The molecule has 0 bridgehead atoms. The van der Waals surface area contributed by atoms with Crippen LogP contribution in [0.25, 0.3) is 0 Å². The Kier molecular flexibility index (Phi) is 3.53. The van der Waals surface area contributed by atoms with Crippen molar-refractivity contribution in [1.82, 2.24) is 0 Å². The molecule has 0 amide bonds. The van der Waals surface area contributed by atoms with Gasteiger partial charge in [0.05, 0.1) is 0 Å². The van der Waals surface area contributed by atoms with Crippen LogP contribution in [0.2, 0.25) is 0 Å². The molecule has 1 rings (SSSR count). The second-order valence-corrected chi connectivity index (χ2v) is 4.09. The molecule has 1 aliphatic carbocycles. The Morgan fingerprint density at radius 2 is 1.92 bits per heavy atom. The zero-order valence-electron chi connectivity index (χ0n) is 8.18. The Labute approximate surface area is 74.9 Å². The highest BCUT2D eigenvalue weighted by Crippen LogP contribution is 2.36. The van der Waals surface area contributed by atoms with Gasteiger partial charge in [0.1, 0.15) is 5.60 Å². The topological polar surface area (TPSA) is 29.5 Å². The standard InChI is InChI=1S/C10H20O2/c1-3-10(2,12-11)9-7-5-4-6-8-9/h9,11H,3-8H2,1-2H3. The van der Waals surface area contributed by atoms with Crippen molar-refractivity contribution in [2.24, 2.45) is 5.92 Å². The van der Waals surface area contributed by atoms with E-state index in [-0.39, 0.29) is 5.60 Å². The average molecular weight is 172 g/mol. The minimum Gasteiger partial charge on any atom is -0.251 e. The van der Waals surface area contributed by atoms with Crippen molar-refractivity contribution < 1.29 is 10.1 Å². The van der Waals surface area contributed by atoms with Crippen molar-refractivity contribution in [3.05, 3.63) is 0 Å². The average Bonchev–Trinajstić information content (AvgIpc) is 2.18. The van der Waals surface area contributed by atoms with Gasteiger partial charge in [-0.25, -0.2) is 4.89 Å². The molecular formula is C10H20O2. The van der Waals surface area contributed by atoms with E-state index in [0.29, 0.717) is 5.92 Å². The van der Waals surface area contributed by atoms with Crippen molar-refractivity contribution >= 4 is 0 Å². The summed E-state index contributed by atoms with van der Waals surface area (Å²) in [7, 11) is 0. The molecule has 1 fully saturated rings. The van der Waals surface area contributed by atoms with Crippen LogP contribution in [0.3, 0.4) is 0 Å². The van der Waals surface area contributed by atoms with Gasteiger partial charge in [-0.15, -0.1) is 0 Å². The van der Waals surface area contributed by atoms with Gasteiger partial charge in [0.25, 0.3) is 0 Å². The van der Waals surface area contributed by atoms with Crippen molar-refractivity contribution in [3.8, 4) is 0 Å². The first-order valence-corrected chi connectivity index (χ1v) is 5.05. The Morgan fingerprint density at radius 1 is 1.33 bits per heavy atom. The third-order valence-electron chi connectivity index (χ3n) is 3.38. The van der Waals surface area contributed by atoms with Crippen LogP contribution >= 0.6 is 0 Å². The van der Waals surface area contributed by atoms with E-state index in [1.54, 1.807) is 0 Å². The van der Waals surface area contributed by atoms with Gasteiger partial charge in [-0.1, -0.05) is 26.2 Å². The summed E-state index contributed by atoms with van der Waals surface area (Å²) in [5.74, 6) is 0.557. The molecule has 2 nitrogen and oxygen atoms in total. The Hall–Kier alpha value is -0.0800.